The summed E-state index contributed by atoms with van der Waals surface area (Å²) in [5, 5.41) is 8.77. The summed E-state index contributed by atoms with van der Waals surface area (Å²) in [6.07, 6.45) is 3.74. The topological polar surface area (TPSA) is 53.0 Å². The van der Waals surface area contributed by atoms with E-state index in [4.69, 9.17) is 11.0 Å². The predicted molar refractivity (Wildman–Crippen MR) is 80.1 cm³/mol. The average Bonchev–Trinajstić information content (AvgIpc) is 2.40. The van der Waals surface area contributed by atoms with Crippen molar-refractivity contribution in [3.05, 3.63) is 35.4 Å². The van der Waals surface area contributed by atoms with Crippen molar-refractivity contribution in [3.8, 4) is 6.07 Å². The van der Waals surface area contributed by atoms with Gasteiger partial charge >= 0.3 is 0 Å². The molecule has 1 heterocycles. The van der Waals surface area contributed by atoms with Gasteiger partial charge < -0.3 is 5.73 Å². The molecule has 104 valence electrons. The molecule has 1 unspecified atom stereocenters. The lowest BCUT2D eigenvalue weighted by Crippen LogP contribution is -2.35. The number of nitrogens with zero attached hydrogens (tertiary/aromatic N) is 2. The third-order valence-electron chi connectivity index (χ3n) is 3.67. The first-order valence-corrected chi connectivity index (χ1v) is 6.73. The quantitative estimate of drug-likeness (QED) is 0.921. The Morgan fingerprint density at radius 3 is 2.68 bits per heavy atom. The van der Waals surface area contributed by atoms with E-state index in [1.807, 2.05) is 12.1 Å². The third kappa shape index (κ3) is 4.83. The number of halogens is 1. The molecule has 0 aromatic heterocycles. The minimum absolute atomic E-state index is 0. The first-order chi connectivity index (χ1) is 8.81. The van der Waals surface area contributed by atoms with Gasteiger partial charge in [0.05, 0.1) is 11.6 Å². The van der Waals surface area contributed by atoms with E-state index < -0.39 is 0 Å². The summed E-state index contributed by atoms with van der Waals surface area (Å²) in [5.74, 6) is 0.766. The molecule has 0 aliphatic carbocycles. The Kier molecular flexibility index (Phi) is 6.86. The Balaban J connectivity index is 0.00000180. The fraction of sp³-hybridized carbons (Fsp3) is 0.533. The maximum atomic E-state index is 8.77. The van der Waals surface area contributed by atoms with E-state index in [1.54, 1.807) is 0 Å². The van der Waals surface area contributed by atoms with Gasteiger partial charge in [0.2, 0.25) is 0 Å². The molecule has 1 atom stereocenters. The molecule has 1 aliphatic heterocycles. The van der Waals surface area contributed by atoms with E-state index >= 15 is 0 Å². The van der Waals surface area contributed by atoms with Gasteiger partial charge in [-0.1, -0.05) is 12.1 Å². The molecule has 1 aromatic rings. The van der Waals surface area contributed by atoms with Crippen LogP contribution in [0.2, 0.25) is 0 Å². The lowest BCUT2D eigenvalue weighted by Gasteiger charge is -2.32. The molecule has 19 heavy (non-hydrogen) atoms. The molecular weight excluding hydrogens is 258 g/mol. The highest BCUT2D eigenvalue weighted by Gasteiger charge is 2.19. The van der Waals surface area contributed by atoms with E-state index in [2.05, 4.69) is 23.1 Å². The van der Waals surface area contributed by atoms with Crippen molar-refractivity contribution in [3.63, 3.8) is 0 Å². The van der Waals surface area contributed by atoms with Crippen molar-refractivity contribution in [1.29, 1.82) is 5.26 Å². The number of nitrogens with two attached hydrogens (primary N) is 1. The first-order valence-electron chi connectivity index (χ1n) is 6.73. The van der Waals surface area contributed by atoms with E-state index in [9.17, 15) is 0 Å². The van der Waals surface area contributed by atoms with Crippen LogP contribution in [0, 0.1) is 17.2 Å². The molecule has 2 N–H and O–H groups in total. The van der Waals surface area contributed by atoms with Crippen molar-refractivity contribution < 1.29 is 0 Å². The molecule has 1 aromatic carbocycles. The fourth-order valence-electron chi connectivity index (χ4n) is 2.71. The number of piperidine rings is 1. The number of benzene rings is 1. The summed E-state index contributed by atoms with van der Waals surface area (Å²) in [7, 11) is 0. The molecule has 4 heteroatoms. The zero-order chi connectivity index (χ0) is 12.8. The maximum Gasteiger partial charge on any atom is 0.0991 e. The first kappa shape index (κ1) is 16.0. The van der Waals surface area contributed by atoms with Gasteiger partial charge in [0.15, 0.2) is 0 Å². The molecule has 3 nitrogen and oxygen atoms in total. The Morgan fingerprint density at radius 1 is 1.32 bits per heavy atom. The summed E-state index contributed by atoms with van der Waals surface area (Å²) >= 11 is 0. The Hall–Kier alpha value is -1.08. The second kappa shape index (κ2) is 8.16. The Labute approximate surface area is 121 Å². The molecular formula is C15H22ClN3. The van der Waals surface area contributed by atoms with Gasteiger partial charge in [0.25, 0.3) is 0 Å². The zero-order valence-electron chi connectivity index (χ0n) is 11.2. The van der Waals surface area contributed by atoms with Crippen molar-refractivity contribution in [2.75, 3.05) is 19.6 Å². The van der Waals surface area contributed by atoms with E-state index in [1.165, 1.54) is 24.9 Å². The van der Waals surface area contributed by atoms with Crippen molar-refractivity contribution in [1.82, 2.24) is 4.90 Å². The number of likely N-dealkylation sites (tertiary alicyclic amines) is 1. The van der Waals surface area contributed by atoms with Crippen LogP contribution >= 0.6 is 12.4 Å². The summed E-state index contributed by atoms with van der Waals surface area (Å²) < 4.78 is 0. The van der Waals surface area contributed by atoms with Crippen LogP contribution in [0.1, 0.15) is 30.4 Å². The highest BCUT2D eigenvalue weighted by Crippen LogP contribution is 2.20. The van der Waals surface area contributed by atoms with Gasteiger partial charge in [-0.25, -0.2) is 0 Å². The highest BCUT2D eigenvalue weighted by atomic mass is 35.5. The minimum atomic E-state index is 0. The summed E-state index contributed by atoms with van der Waals surface area (Å²) in [5.41, 5.74) is 7.67. The normalized spacial score (nSPS) is 19.5. The molecule has 0 amide bonds. The predicted octanol–water partition coefficient (Wildman–Crippen LogP) is 2.54. The van der Waals surface area contributed by atoms with Crippen LogP contribution in [0.5, 0.6) is 0 Å². The van der Waals surface area contributed by atoms with Crippen LogP contribution < -0.4 is 5.73 Å². The highest BCUT2D eigenvalue weighted by molar-refractivity contribution is 5.85. The minimum Gasteiger partial charge on any atom is -0.330 e. The third-order valence-corrected chi connectivity index (χ3v) is 3.67. The second-order valence-corrected chi connectivity index (χ2v) is 5.13. The van der Waals surface area contributed by atoms with Gasteiger partial charge in [-0.05, 0) is 56.0 Å². The molecule has 0 radical (unpaired) electrons. The average molecular weight is 280 g/mol. The lowest BCUT2D eigenvalue weighted by molar-refractivity contribution is 0.163. The molecule has 0 bridgehead atoms. The van der Waals surface area contributed by atoms with Crippen LogP contribution in [0.4, 0.5) is 0 Å². The van der Waals surface area contributed by atoms with Gasteiger partial charge in [-0.15, -0.1) is 12.4 Å². The largest absolute Gasteiger partial charge is 0.330 e. The standard InChI is InChI=1S/C15H21N3.ClH/c16-8-7-14-2-1-9-18(11-14)12-15-5-3-13(10-17)4-6-15;/h3-6,14H,1-2,7-9,11-12,16H2;1H. The molecule has 0 spiro atoms. The van der Waals surface area contributed by atoms with E-state index in [-0.39, 0.29) is 12.4 Å². The number of hydrogen-bond donors (Lipinski definition) is 1. The van der Waals surface area contributed by atoms with Crippen LogP contribution in [0.25, 0.3) is 0 Å². The van der Waals surface area contributed by atoms with Crippen molar-refractivity contribution in [2.24, 2.45) is 11.7 Å². The number of nitriles is 1. The van der Waals surface area contributed by atoms with Crippen molar-refractivity contribution >= 4 is 12.4 Å². The number of hydrogen-bond acceptors (Lipinski definition) is 3. The second-order valence-electron chi connectivity index (χ2n) is 5.13. The smallest absolute Gasteiger partial charge is 0.0991 e. The number of rotatable bonds is 4. The molecule has 1 saturated heterocycles. The van der Waals surface area contributed by atoms with Gasteiger partial charge in [0, 0.05) is 13.1 Å². The van der Waals surface area contributed by atoms with Gasteiger partial charge in [0.1, 0.15) is 0 Å². The summed E-state index contributed by atoms with van der Waals surface area (Å²) in [4.78, 5) is 2.51. The van der Waals surface area contributed by atoms with E-state index in [0.29, 0.717) is 0 Å². The monoisotopic (exact) mass is 279 g/mol. The Morgan fingerprint density at radius 2 is 2.05 bits per heavy atom. The molecule has 2 rings (SSSR count). The van der Waals surface area contributed by atoms with Gasteiger partial charge in [-0.3, -0.25) is 4.90 Å². The molecule has 1 aliphatic rings. The van der Waals surface area contributed by atoms with Crippen LogP contribution in [-0.2, 0) is 6.54 Å². The SMILES string of the molecule is Cl.N#Cc1ccc(CN2CCCC(CCN)C2)cc1. The van der Waals surface area contributed by atoms with Crippen LogP contribution in [0.3, 0.4) is 0 Å². The summed E-state index contributed by atoms with van der Waals surface area (Å²) in [6, 6.07) is 10.1. The van der Waals surface area contributed by atoms with Crippen LogP contribution in [-0.4, -0.2) is 24.5 Å². The maximum absolute atomic E-state index is 8.77. The zero-order valence-corrected chi connectivity index (χ0v) is 12.0. The molecule has 0 saturated carbocycles. The van der Waals surface area contributed by atoms with Crippen molar-refractivity contribution in [2.45, 2.75) is 25.8 Å². The van der Waals surface area contributed by atoms with E-state index in [0.717, 1.165) is 37.5 Å². The lowest BCUT2D eigenvalue weighted by atomic mass is 9.94. The Bertz CT molecular complexity index is 408. The molecule has 1 fully saturated rings. The van der Waals surface area contributed by atoms with Crippen LogP contribution in [0.15, 0.2) is 24.3 Å². The summed E-state index contributed by atoms with van der Waals surface area (Å²) in [6.45, 7) is 4.14. The van der Waals surface area contributed by atoms with Gasteiger partial charge in [-0.2, -0.15) is 5.26 Å². The fourth-order valence-corrected chi connectivity index (χ4v) is 2.71.